The minimum Gasteiger partial charge on any atom is -0.496 e. The van der Waals surface area contributed by atoms with E-state index in [2.05, 4.69) is 11.0 Å². The number of rotatable bonds is 7. The first-order chi connectivity index (χ1) is 15.0. The number of para-hydroxylation sites is 2. The topological polar surface area (TPSA) is 51.2 Å². The van der Waals surface area contributed by atoms with Crippen LogP contribution in [0.5, 0.6) is 17.2 Å². The van der Waals surface area contributed by atoms with Gasteiger partial charge < -0.3 is 19.3 Å². The molecule has 0 saturated heterocycles. The van der Waals surface area contributed by atoms with Crippen LogP contribution in [0.4, 0.5) is 0 Å². The number of ether oxygens (including phenoxy) is 3. The summed E-state index contributed by atoms with van der Waals surface area (Å²) < 4.78 is 17.3. The van der Waals surface area contributed by atoms with E-state index >= 15 is 0 Å². The van der Waals surface area contributed by atoms with Gasteiger partial charge in [0.1, 0.15) is 36.1 Å². The number of aliphatic hydroxyl groups is 1. The molecule has 0 aromatic heterocycles. The predicted molar refractivity (Wildman–Crippen MR) is 121 cm³/mol. The van der Waals surface area contributed by atoms with Crippen LogP contribution in [0.25, 0.3) is 0 Å². The number of methoxy groups -OCH3 is 1. The molecule has 162 valence electrons. The fourth-order valence-corrected chi connectivity index (χ4v) is 3.82. The van der Waals surface area contributed by atoms with Crippen molar-refractivity contribution < 1.29 is 19.3 Å². The molecule has 1 heterocycles. The van der Waals surface area contributed by atoms with Gasteiger partial charge in [0.05, 0.1) is 7.11 Å². The standard InChI is InChI=1S/C26H29NO4/c1-26(28,19-31-23-9-4-3-5-10-23)22-12-13-25-21(16-22)18-27(14-15-30-25)17-20-8-6-7-11-24(20)29-2/h3-13,16,28H,14-15,17-19H2,1-2H3/t26-/m0/s1. The van der Waals surface area contributed by atoms with Gasteiger partial charge in [-0.15, -0.1) is 0 Å². The monoisotopic (exact) mass is 419 g/mol. The van der Waals surface area contributed by atoms with Crippen molar-refractivity contribution in [2.24, 2.45) is 0 Å². The fraction of sp³-hybridized carbons (Fsp3) is 0.308. The molecule has 1 N–H and O–H groups in total. The van der Waals surface area contributed by atoms with Crippen molar-refractivity contribution in [3.05, 3.63) is 89.5 Å². The van der Waals surface area contributed by atoms with E-state index in [1.54, 1.807) is 14.0 Å². The highest BCUT2D eigenvalue weighted by molar-refractivity contribution is 5.40. The van der Waals surface area contributed by atoms with E-state index in [1.807, 2.05) is 66.7 Å². The zero-order valence-electron chi connectivity index (χ0n) is 18.1. The van der Waals surface area contributed by atoms with Gasteiger partial charge in [-0.05, 0) is 42.8 Å². The van der Waals surface area contributed by atoms with Crippen LogP contribution >= 0.6 is 0 Å². The van der Waals surface area contributed by atoms with Crippen LogP contribution in [-0.2, 0) is 18.7 Å². The Labute approximate surface area is 183 Å². The van der Waals surface area contributed by atoms with Crippen molar-refractivity contribution in [1.29, 1.82) is 0 Å². The predicted octanol–water partition coefficient (Wildman–Crippen LogP) is 4.38. The molecule has 1 aliphatic heterocycles. The SMILES string of the molecule is COc1ccccc1CN1CCOc2ccc([C@@](C)(O)COc3ccccc3)cc2C1. The second-order valence-corrected chi connectivity index (χ2v) is 8.07. The Kier molecular flexibility index (Phi) is 6.44. The molecule has 31 heavy (non-hydrogen) atoms. The van der Waals surface area contributed by atoms with Gasteiger partial charge in [0.2, 0.25) is 0 Å². The van der Waals surface area contributed by atoms with Crippen molar-refractivity contribution in [3.8, 4) is 17.2 Å². The highest BCUT2D eigenvalue weighted by Crippen LogP contribution is 2.31. The Balaban J connectivity index is 1.50. The van der Waals surface area contributed by atoms with E-state index in [9.17, 15) is 5.11 Å². The van der Waals surface area contributed by atoms with E-state index in [0.717, 1.165) is 53.6 Å². The Bertz CT molecular complexity index is 1000. The molecule has 0 radical (unpaired) electrons. The van der Waals surface area contributed by atoms with E-state index in [0.29, 0.717) is 6.61 Å². The summed E-state index contributed by atoms with van der Waals surface area (Å²) in [4.78, 5) is 2.34. The van der Waals surface area contributed by atoms with Crippen LogP contribution in [0, 0.1) is 0 Å². The van der Waals surface area contributed by atoms with Gasteiger partial charge >= 0.3 is 0 Å². The third kappa shape index (κ3) is 5.19. The van der Waals surface area contributed by atoms with E-state index in [4.69, 9.17) is 14.2 Å². The first-order valence-corrected chi connectivity index (χ1v) is 10.6. The van der Waals surface area contributed by atoms with Crippen molar-refractivity contribution >= 4 is 0 Å². The third-order valence-corrected chi connectivity index (χ3v) is 5.59. The zero-order chi connectivity index (χ0) is 21.7. The summed E-state index contributed by atoms with van der Waals surface area (Å²) in [5.41, 5.74) is 1.90. The Morgan fingerprint density at radius 3 is 2.61 bits per heavy atom. The average molecular weight is 420 g/mol. The number of hydrogen-bond acceptors (Lipinski definition) is 5. The lowest BCUT2D eigenvalue weighted by Crippen LogP contribution is -2.30. The maximum absolute atomic E-state index is 11.1. The van der Waals surface area contributed by atoms with E-state index < -0.39 is 5.60 Å². The van der Waals surface area contributed by atoms with Crippen molar-refractivity contribution in [2.75, 3.05) is 26.9 Å². The largest absolute Gasteiger partial charge is 0.496 e. The molecule has 4 rings (SSSR count). The van der Waals surface area contributed by atoms with Crippen LogP contribution in [0.3, 0.4) is 0 Å². The molecule has 5 nitrogen and oxygen atoms in total. The first-order valence-electron chi connectivity index (χ1n) is 10.6. The molecular weight excluding hydrogens is 390 g/mol. The molecule has 1 aliphatic rings. The molecule has 1 atom stereocenters. The van der Waals surface area contributed by atoms with Crippen molar-refractivity contribution in [3.63, 3.8) is 0 Å². The molecule has 3 aromatic rings. The summed E-state index contributed by atoms with van der Waals surface area (Å²) in [7, 11) is 1.70. The first kappa shape index (κ1) is 21.2. The van der Waals surface area contributed by atoms with Crippen LogP contribution < -0.4 is 14.2 Å². The summed E-state index contributed by atoms with van der Waals surface area (Å²) in [6.07, 6.45) is 0. The van der Waals surface area contributed by atoms with E-state index in [1.165, 1.54) is 0 Å². The van der Waals surface area contributed by atoms with Crippen molar-refractivity contribution in [1.82, 2.24) is 4.90 Å². The number of hydrogen-bond donors (Lipinski definition) is 1. The molecule has 0 unspecified atom stereocenters. The molecule has 3 aromatic carbocycles. The van der Waals surface area contributed by atoms with Gasteiger partial charge in [-0.3, -0.25) is 4.90 Å². The van der Waals surface area contributed by atoms with Gasteiger partial charge in [0, 0.05) is 30.8 Å². The molecule has 0 aliphatic carbocycles. The number of benzene rings is 3. The second-order valence-electron chi connectivity index (χ2n) is 8.07. The van der Waals surface area contributed by atoms with Crippen LogP contribution in [0.2, 0.25) is 0 Å². The lowest BCUT2D eigenvalue weighted by Gasteiger charge is -2.26. The molecular formula is C26H29NO4. The van der Waals surface area contributed by atoms with Gasteiger partial charge in [0.25, 0.3) is 0 Å². The molecule has 5 heteroatoms. The minimum absolute atomic E-state index is 0.168. The highest BCUT2D eigenvalue weighted by Gasteiger charge is 2.27. The van der Waals surface area contributed by atoms with Gasteiger partial charge in [0.15, 0.2) is 0 Å². The van der Waals surface area contributed by atoms with Crippen LogP contribution in [0.1, 0.15) is 23.6 Å². The summed E-state index contributed by atoms with van der Waals surface area (Å²) in [6, 6.07) is 23.5. The highest BCUT2D eigenvalue weighted by atomic mass is 16.5. The van der Waals surface area contributed by atoms with Crippen molar-refractivity contribution in [2.45, 2.75) is 25.6 Å². The lowest BCUT2D eigenvalue weighted by molar-refractivity contribution is 0.00748. The summed E-state index contributed by atoms with van der Waals surface area (Å²) in [5.74, 6) is 2.50. The summed E-state index contributed by atoms with van der Waals surface area (Å²) >= 11 is 0. The van der Waals surface area contributed by atoms with Gasteiger partial charge in [-0.2, -0.15) is 0 Å². The summed E-state index contributed by atoms with van der Waals surface area (Å²) in [5, 5.41) is 11.1. The van der Waals surface area contributed by atoms with Gasteiger partial charge in [-0.25, -0.2) is 0 Å². The Hall–Kier alpha value is -3.02. The Morgan fingerprint density at radius 2 is 1.81 bits per heavy atom. The van der Waals surface area contributed by atoms with Crippen LogP contribution in [0.15, 0.2) is 72.8 Å². The van der Waals surface area contributed by atoms with E-state index in [-0.39, 0.29) is 6.61 Å². The van der Waals surface area contributed by atoms with Crippen LogP contribution in [-0.4, -0.2) is 36.9 Å². The summed E-state index contributed by atoms with van der Waals surface area (Å²) in [6.45, 7) is 4.88. The minimum atomic E-state index is -1.12. The lowest BCUT2D eigenvalue weighted by atomic mass is 9.94. The van der Waals surface area contributed by atoms with Gasteiger partial charge in [-0.1, -0.05) is 42.5 Å². The normalized spacial score (nSPS) is 15.8. The molecule has 0 spiro atoms. The quantitative estimate of drug-likeness (QED) is 0.616. The zero-order valence-corrected chi connectivity index (χ0v) is 18.1. The maximum atomic E-state index is 11.1. The average Bonchev–Trinajstić information content (AvgIpc) is 3.00. The fourth-order valence-electron chi connectivity index (χ4n) is 3.82. The second kappa shape index (κ2) is 9.41. The molecule has 0 saturated carbocycles. The Morgan fingerprint density at radius 1 is 1.03 bits per heavy atom. The molecule has 0 amide bonds. The third-order valence-electron chi connectivity index (χ3n) is 5.59. The number of nitrogens with zero attached hydrogens (tertiary/aromatic N) is 1. The molecule has 0 fully saturated rings. The maximum Gasteiger partial charge on any atom is 0.123 e. The smallest absolute Gasteiger partial charge is 0.123 e. The molecule has 0 bridgehead atoms. The number of fused-ring (bicyclic) bond motifs is 1.